The smallest absolute Gasteiger partial charge is 0.306 e. The van der Waals surface area contributed by atoms with Crippen molar-refractivity contribution in [1.82, 2.24) is 0 Å². The third-order valence-electron chi connectivity index (χ3n) is 4.82. The molecule has 0 heterocycles. The van der Waals surface area contributed by atoms with Gasteiger partial charge in [-0.3, -0.25) is 14.4 Å². The Hall–Kier alpha value is -2.11. The van der Waals surface area contributed by atoms with E-state index in [1.165, 1.54) is 39.0 Å². The first-order valence-electron chi connectivity index (χ1n) is 13.3. The monoisotopic (exact) mass is 482 g/mol. The van der Waals surface area contributed by atoms with Crippen LogP contribution < -0.4 is 0 Å². The maximum absolute atomic E-state index is 11.9. The lowest BCUT2D eigenvalue weighted by Gasteiger charge is -2.17. The van der Waals surface area contributed by atoms with Gasteiger partial charge in [0.25, 0.3) is 0 Å². The number of rotatable bonds is 20. The molecule has 0 spiro atoms. The zero-order chi connectivity index (χ0) is 25.9. The number of carbonyl (C=O) groups excluding carboxylic acids is 3. The first-order chi connectivity index (χ1) is 16.5. The number of unbranched alkanes of at least 4 members (excludes halogenated alkanes) is 8. The molecule has 0 saturated carbocycles. The lowest BCUT2D eigenvalue weighted by Crippen LogP contribution is -2.30. The van der Waals surface area contributed by atoms with E-state index in [1.54, 1.807) is 6.92 Å². The molecule has 0 aliphatic carbocycles. The van der Waals surface area contributed by atoms with E-state index in [0.29, 0.717) is 6.42 Å². The summed E-state index contributed by atoms with van der Waals surface area (Å²) in [6.07, 6.45) is 21.2. The normalized spacial score (nSPS) is 11.7. The Morgan fingerprint density at radius 1 is 0.706 bits per heavy atom. The van der Waals surface area contributed by atoms with Gasteiger partial charge in [-0.05, 0) is 38.5 Å². The van der Waals surface area contributed by atoms with Crippen molar-refractivity contribution in [3.8, 4) is 0 Å². The molecule has 0 aromatic carbocycles. The molecule has 0 aliphatic rings. The Morgan fingerprint density at radius 2 is 1.26 bits per heavy atom. The molecule has 0 aromatic heterocycles. The Kier molecular flexibility index (Phi) is 27.2. The highest BCUT2D eigenvalue weighted by atomic mass is 16.6. The van der Waals surface area contributed by atoms with E-state index in [2.05, 4.69) is 31.2 Å². The van der Waals surface area contributed by atoms with Crippen LogP contribution in [0.4, 0.5) is 0 Å². The van der Waals surface area contributed by atoms with Crippen LogP contribution in [0, 0.1) is 0 Å². The maximum atomic E-state index is 11.9. The van der Waals surface area contributed by atoms with Crippen molar-refractivity contribution in [2.24, 2.45) is 0 Å². The summed E-state index contributed by atoms with van der Waals surface area (Å²) in [4.78, 5) is 34.3. The van der Waals surface area contributed by atoms with E-state index in [9.17, 15) is 14.4 Å². The standard InChI is InChI=1S/C26H44O6.C2H6/c1-4-6-7-8-9-10-11-12-13-14-15-16-17-18-19-20-26(29)31-22-24(21-30-23(3)27)32-25(28)5-2;1-2/h9-10,12-13,24H,4-8,11,14-22H2,1-3H3;1-2H3/b10-9-,13-12-;. The Labute approximate surface area is 208 Å². The van der Waals surface area contributed by atoms with E-state index in [0.717, 1.165) is 38.5 Å². The maximum Gasteiger partial charge on any atom is 0.306 e. The fourth-order valence-electron chi connectivity index (χ4n) is 2.93. The molecule has 0 saturated heterocycles. The molecule has 6 heteroatoms. The van der Waals surface area contributed by atoms with Gasteiger partial charge in [0, 0.05) is 19.8 Å². The Balaban J connectivity index is 0. The fraction of sp³-hybridized carbons (Fsp3) is 0.750. The van der Waals surface area contributed by atoms with Crippen LogP contribution in [0.5, 0.6) is 0 Å². The van der Waals surface area contributed by atoms with Crippen LogP contribution in [-0.2, 0) is 28.6 Å². The number of hydrogen-bond donors (Lipinski definition) is 0. The molecule has 0 aromatic rings. The summed E-state index contributed by atoms with van der Waals surface area (Å²) in [7, 11) is 0. The molecule has 0 bridgehead atoms. The van der Waals surface area contributed by atoms with Gasteiger partial charge in [0.1, 0.15) is 13.2 Å². The fourth-order valence-corrected chi connectivity index (χ4v) is 2.93. The number of hydrogen-bond acceptors (Lipinski definition) is 6. The Morgan fingerprint density at radius 3 is 1.85 bits per heavy atom. The molecule has 0 aliphatic heterocycles. The summed E-state index contributed by atoms with van der Waals surface area (Å²) in [6.45, 7) is 8.95. The number of ether oxygens (including phenoxy) is 3. The van der Waals surface area contributed by atoms with Crippen LogP contribution >= 0.6 is 0 Å². The molecule has 0 amide bonds. The highest BCUT2D eigenvalue weighted by Gasteiger charge is 2.17. The number of allylic oxidation sites excluding steroid dienone is 4. The zero-order valence-corrected chi connectivity index (χ0v) is 22.4. The molecule has 198 valence electrons. The van der Waals surface area contributed by atoms with Crippen molar-refractivity contribution in [3.05, 3.63) is 24.3 Å². The topological polar surface area (TPSA) is 78.9 Å². The van der Waals surface area contributed by atoms with E-state index in [-0.39, 0.29) is 25.6 Å². The van der Waals surface area contributed by atoms with E-state index in [1.807, 2.05) is 13.8 Å². The lowest BCUT2D eigenvalue weighted by molar-refractivity contribution is -0.165. The summed E-state index contributed by atoms with van der Waals surface area (Å²) in [6, 6.07) is 0. The molecule has 34 heavy (non-hydrogen) atoms. The van der Waals surface area contributed by atoms with Crippen LogP contribution in [0.2, 0.25) is 0 Å². The molecule has 1 unspecified atom stereocenters. The van der Waals surface area contributed by atoms with Crippen LogP contribution in [-0.4, -0.2) is 37.2 Å². The van der Waals surface area contributed by atoms with Gasteiger partial charge in [0.05, 0.1) is 0 Å². The molecule has 6 nitrogen and oxygen atoms in total. The molecule has 1 atom stereocenters. The average molecular weight is 483 g/mol. The van der Waals surface area contributed by atoms with E-state index in [4.69, 9.17) is 14.2 Å². The van der Waals surface area contributed by atoms with Crippen LogP contribution in [0.3, 0.4) is 0 Å². The third kappa shape index (κ3) is 26.1. The predicted octanol–water partition coefficient (Wildman–Crippen LogP) is 7.25. The van der Waals surface area contributed by atoms with Crippen LogP contribution in [0.1, 0.15) is 118 Å². The predicted molar refractivity (Wildman–Crippen MR) is 138 cm³/mol. The average Bonchev–Trinajstić information content (AvgIpc) is 2.84. The van der Waals surface area contributed by atoms with Crippen molar-refractivity contribution >= 4 is 17.9 Å². The molecular weight excluding hydrogens is 432 g/mol. The summed E-state index contributed by atoms with van der Waals surface area (Å²) in [5, 5.41) is 0. The van der Waals surface area contributed by atoms with Gasteiger partial charge in [0.2, 0.25) is 0 Å². The van der Waals surface area contributed by atoms with E-state index < -0.39 is 18.0 Å². The van der Waals surface area contributed by atoms with Gasteiger partial charge < -0.3 is 14.2 Å². The largest absolute Gasteiger partial charge is 0.462 e. The van der Waals surface area contributed by atoms with Crippen molar-refractivity contribution in [2.45, 2.75) is 124 Å². The molecule has 0 fully saturated rings. The summed E-state index contributed by atoms with van der Waals surface area (Å²) >= 11 is 0. The van der Waals surface area contributed by atoms with Crippen molar-refractivity contribution in [3.63, 3.8) is 0 Å². The van der Waals surface area contributed by atoms with Gasteiger partial charge in [-0.1, -0.05) is 84.1 Å². The first-order valence-corrected chi connectivity index (χ1v) is 13.3. The number of esters is 3. The molecule has 0 N–H and O–H groups in total. The van der Waals surface area contributed by atoms with Gasteiger partial charge in [0.15, 0.2) is 6.10 Å². The highest BCUT2D eigenvalue weighted by Crippen LogP contribution is 2.09. The number of carbonyl (C=O) groups is 3. The van der Waals surface area contributed by atoms with Crippen molar-refractivity contribution in [1.29, 1.82) is 0 Å². The summed E-state index contributed by atoms with van der Waals surface area (Å²) < 4.78 is 15.2. The molecular formula is C28H50O6. The second kappa shape index (κ2) is 27.1. The van der Waals surface area contributed by atoms with E-state index >= 15 is 0 Å². The Bertz CT molecular complexity index is 553. The third-order valence-corrected chi connectivity index (χ3v) is 4.82. The second-order valence-electron chi connectivity index (χ2n) is 7.93. The highest BCUT2D eigenvalue weighted by molar-refractivity contribution is 5.70. The quantitative estimate of drug-likeness (QED) is 0.0786. The molecule has 0 rings (SSSR count). The first kappa shape index (κ1) is 34.1. The van der Waals surface area contributed by atoms with Gasteiger partial charge in [-0.2, -0.15) is 0 Å². The van der Waals surface area contributed by atoms with Crippen molar-refractivity contribution in [2.75, 3.05) is 13.2 Å². The zero-order valence-electron chi connectivity index (χ0n) is 22.4. The van der Waals surface area contributed by atoms with Crippen molar-refractivity contribution < 1.29 is 28.6 Å². The van der Waals surface area contributed by atoms with Gasteiger partial charge in [-0.25, -0.2) is 0 Å². The molecule has 0 radical (unpaired) electrons. The minimum Gasteiger partial charge on any atom is -0.462 e. The summed E-state index contributed by atoms with van der Waals surface area (Å²) in [5.74, 6) is -1.22. The minimum absolute atomic E-state index is 0.0991. The minimum atomic E-state index is -0.764. The van der Waals surface area contributed by atoms with Crippen LogP contribution in [0.15, 0.2) is 24.3 Å². The van der Waals surface area contributed by atoms with Gasteiger partial charge >= 0.3 is 17.9 Å². The van der Waals surface area contributed by atoms with Crippen LogP contribution in [0.25, 0.3) is 0 Å². The second-order valence-corrected chi connectivity index (χ2v) is 7.93. The summed E-state index contributed by atoms with van der Waals surface area (Å²) in [5.41, 5.74) is 0. The lowest BCUT2D eigenvalue weighted by atomic mass is 10.1. The van der Waals surface area contributed by atoms with Gasteiger partial charge in [-0.15, -0.1) is 0 Å². The SMILES string of the molecule is CC.CCCCC/C=C\C/C=C\CCCCCCCC(=O)OCC(COC(C)=O)OC(=O)CC.